The van der Waals surface area contributed by atoms with Crippen molar-refractivity contribution in [3.8, 4) is 17.2 Å². The molecule has 0 saturated carbocycles. The van der Waals surface area contributed by atoms with Crippen LogP contribution in [-0.4, -0.2) is 25.3 Å². The quantitative estimate of drug-likeness (QED) is 0.879. The van der Waals surface area contributed by atoms with Crippen molar-refractivity contribution in [3.63, 3.8) is 0 Å². The molecular weight excluding hydrogens is 272 g/mol. The highest BCUT2D eigenvalue weighted by Gasteiger charge is 2.36. The Bertz CT molecular complexity index is 691. The molecule has 3 rings (SSSR count). The molecule has 1 heterocycles. The molecule has 0 unspecified atom stereocenters. The molecule has 0 aromatic heterocycles. The second-order valence-electron chi connectivity index (χ2n) is 4.64. The maximum Gasteiger partial charge on any atom is 0.343 e. The largest absolute Gasteiger partial charge is 0.508 e. The summed E-state index contributed by atoms with van der Waals surface area (Å²) >= 11 is 0. The molecule has 0 aliphatic carbocycles. The Hall–Kier alpha value is -2.69. The van der Waals surface area contributed by atoms with Crippen molar-refractivity contribution >= 4 is 5.97 Å². The molecule has 0 amide bonds. The van der Waals surface area contributed by atoms with Gasteiger partial charge in [-0.15, -0.1) is 0 Å². The summed E-state index contributed by atoms with van der Waals surface area (Å²) < 4.78 is 15.9. The Balaban J connectivity index is 2.12. The highest BCUT2D eigenvalue weighted by atomic mass is 16.6. The maximum atomic E-state index is 12.2. The molecule has 2 aromatic carbocycles. The Kier molecular flexibility index (Phi) is 3.17. The van der Waals surface area contributed by atoms with Gasteiger partial charge in [0.25, 0.3) is 0 Å². The van der Waals surface area contributed by atoms with Crippen LogP contribution in [0.25, 0.3) is 0 Å². The minimum Gasteiger partial charge on any atom is -0.508 e. The number of fused-ring (bicyclic) bond motifs is 1. The fourth-order valence-electron chi connectivity index (χ4n) is 2.50. The van der Waals surface area contributed by atoms with Crippen molar-refractivity contribution in [1.82, 2.24) is 0 Å². The van der Waals surface area contributed by atoms with Crippen LogP contribution in [0.4, 0.5) is 0 Å². The third kappa shape index (κ3) is 2.07. The number of carbonyl (C=O) groups is 1. The lowest BCUT2D eigenvalue weighted by Gasteiger charge is -2.12. The summed E-state index contributed by atoms with van der Waals surface area (Å²) in [5.74, 6) is 0.579. The van der Waals surface area contributed by atoms with E-state index in [0.29, 0.717) is 17.1 Å². The van der Waals surface area contributed by atoms with Gasteiger partial charge in [-0.05, 0) is 23.8 Å². The number of methoxy groups -OCH3 is 2. The molecule has 1 atom stereocenters. The normalized spacial score (nSPS) is 16.3. The third-order valence-corrected chi connectivity index (χ3v) is 3.49. The maximum absolute atomic E-state index is 12.2. The minimum atomic E-state index is -0.507. The average molecular weight is 286 g/mol. The molecule has 5 heteroatoms. The number of hydrogen-bond donors (Lipinski definition) is 1. The molecule has 108 valence electrons. The highest BCUT2D eigenvalue weighted by molar-refractivity contribution is 5.98. The third-order valence-electron chi connectivity index (χ3n) is 3.49. The predicted octanol–water partition coefficient (Wildman–Crippen LogP) is 2.67. The van der Waals surface area contributed by atoms with Gasteiger partial charge in [-0.1, -0.05) is 18.2 Å². The second kappa shape index (κ2) is 5.01. The van der Waals surface area contributed by atoms with Gasteiger partial charge in [0.15, 0.2) is 17.6 Å². The lowest BCUT2D eigenvalue weighted by atomic mass is 9.98. The van der Waals surface area contributed by atoms with Crippen molar-refractivity contribution in [2.24, 2.45) is 0 Å². The van der Waals surface area contributed by atoms with E-state index in [1.54, 1.807) is 36.4 Å². The first-order chi connectivity index (χ1) is 10.2. The molecule has 1 aliphatic heterocycles. The number of rotatable bonds is 3. The molecule has 5 nitrogen and oxygen atoms in total. The number of cyclic esters (lactones) is 1. The molecule has 1 N–H and O–H groups in total. The Morgan fingerprint density at radius 2 is 1.76 bits per heavy atom. The van der Waals surface area contributed by atoms with E-state index in [9.17, 15) is 9.90 Å². The highest BCUT2D eigenvalue weighted by Crippen LogP contribution is 2.44. The van der Waals surface area contributed by atoms with Crippen LogP contribution in [0, 0.1) is 0 Å². The van der Waals surface area contributed by atoms with E-state index < -0.39 is 12.1 Å². The van der Waals surface area contributed by atoms with E-state index in [1.807, 2.05) is 0 Å². The Labute approximate surface area is 121 Å². The summed E-state index contributed by atoms with van der Waals surface area (Å²) in [6.07, 6.45) is -0.507. The first-order valence-corrected chi connectivity index (χ1v) is 6.40. The number of carbonyl (C=O) groups excluding carboxylic acids is 1. The van der Waals surface area contributed by atoms with E-state index in [0.717, 1.165) is 11.1 Å². The number of benzene rings is 2. The van der Waals surface area contributed by atoms with Crippen LogP contribution in [0.15, 0.2) is 36.4 Å². The van der Waals surface area contributed by atoms with Crippen LogP contribution >= 0.6 is 0 Å². The second-order valence-corrected chi connectivity index (χ2v) is 4.64. The number of hydrogen-bond acceptors (Lipinski definition) is 5. The van der Waals surface area contributed by atoms with Gasteiger partial charge in [0.05, 0.1) is 14.2 Å². The zero-order valence-electron chi connectivity index (χ0n) is 11.6. The van der Waals surface area contributed by atoms with Gasteiger partial charge >= 0.3 is 5.97 Å². The summed E-state index contributed by atoms with van der Waals surface area (Å²) in [6.45, 7) is 0. The van der Waals surface area contributed by atoms with Crippen molar-refractivity contribution in [3.05, 3.63) is 53.1 Å². The first kappa shape index (κ1) is 13.3. The fourth-order valence-corrected chi connectivity index (χ4v) is 2.50. The standard InChI is InChI=1S/C16H14O5/c1-19-12-8-7-11-13(15(12)20-2)16(18)21-14(11)9-3-5-10(17)6-4-9/h3-8,14,17H,1-2H3/t14-/m1/s1. The smallest absolute Gasteiger partial charge is 0.343 e. The lowest BCUT2D eigenvalue weighted by Crippen LogP contribution is -2.00. The number of phenolic OH excluding ortho intramolecular Hbond substituents is 1. The van der Waals surface area contributed by atoms with E-state index >= 15 is 0 Å². The van der Waals surface area contributed by atoms with E-state index in [4.69, 9.17) is 14.2 Å². The molecular formula is C16H14O5. The van der Waals surface area contributed by atoms with Gasteiger partial charge < -0.3 is 19.3 Å². The van der Waals surface area contributed by atoms with Crippen molar-refractivity contribution < 1.29 is 24.1 Å². The summed E-state index contributed by atoms with van der Waals surface area (Å²) in [4.78, 5) is 12.2. The van der Waals surface area contributed by atoms with Crippen LogP contribution in [0.3, 0.4) is 0 Å². The number of ether oxygens (including phenoxy) is 3. The van der Waals surface area contributed by atoms with Gasteiger partial charge in [-0.25, -0.2) is 4.79 Å². The monoisotopic (exact) mass is 286 g/mol. The van der Waals surface area contributed by atoms with Crippen molar-refractivity contribution in [2.45, 2.75) is 6.10 Å². The van der Waals surface area contributed by atoms with Crippen LogP contribution in [0.5, 0.6) is 17.2 Å². The Morgan fingerprint density at radius 1 is 1.05 bits per heavy atom. The van der Waals surface area contributed by atoms with Crippen molar-refractivity contribution in [1.29, 1.82) is 0 Å². The van der Waals surface area contributed by atoms with Gasteiger partial charge in [-0.2, -0.15) is 0 Å². The van der Waals surface area contributed by atoms with Crippen LogP contribution < -0.4 is 9.47 Å². The topological polar surface area (TPSA) is 65.0 Å². The van der Waals surface area contributed by atoms with Gasteiger partial charge in [0, 0.05) is 5.56 Å². The SMILES string of the molecule is COc1ccc2c(c1OC)C(=O)O[C@@H]2c1ccc(O)cc1. The predicted molar refractivity (Wildman–Crippen MR) is 74.9 cm³/mol. The fraction of sp³-hybridized carbons (Fsp3) is 0.188. The number of aromatic hydroxyl groups is 1. The zero-order chi connectivity index (χ0) is 15.0. The van der Waals surface area contributed by atoms with E-state index in [2.05, 4.69) is 0 Å². The summed E-state index contributed by atoms with van der Waals surface area (Å²) in [7, 11) is 3.00. The van der Waals surface area contributed by atoms with Crippen LogP contribution in [-0.2, 0) is 4.74 Å². The molecule has 0 radical (unpaired) electrons. The van der Waals surface area contributed by atoms with Gasteiger partial charge in [-0.3, -0.25) is 0 Å². The van der Waals surface area contributed by atoms with Crippen LogP contribution in [0.1, 0.15) is 27.6 Å². The minimum absolute atomic E-state index is 0.163. The summed E-state index contributed by atoms with van der Waals surface area (Å²) in [5, 5.41) is 9.35. The summed E-state index contributed by atoms with van der Waals surface area (Å²) in [5.41, 5.74) is 1.89. The lowest BCUT2D eigenvalue weighted by molar-refractivity contribution is 0.0453. The summed E-state index contributed by atoms with van der Waals surface area (Å²) in [6, 6.07) is 10.1. The molecule has 0 spiro atoms. The number of phenols is 1. The number of esters is 1. The molecule has 0 bridgehead atoms. The zero-order valence-corrected chi connectivity index (χ0v) is 11.6. The molecule has 0 fully saturated rings. The molecule has 0 saturated heterocycles. The van der Waals surface area contributed by atoms with Crippen molar-refractivity contribution in [2.75, 3.05) is 14.2 Å². The van der Waals surface area contributed by atoms with E-state index in [-0.39, 0.29) is 5.75 Å². The molecule has 2 aromatic rings. The molecule has 21 heavy (non-hydrogen) atoms. The first-order valence-electron chi connectivity index (χ1n) is 6.40. The Morgan fingerprint density at radius 3 is 2.38 bits per heavy atom. The van der Waals surface area contributed by atoms with Gasteiger partial charge in [0.2, 0.25) is 0 Å². The molecule has 1 aliphatic rings. The van der Waals surface area contributed by atoms with E-state index in [1.165, 1.54) is 14.2 Å². The van der Waals surface area contributed by atoms with Crippen LogP contribution in [0.2, 0.25) is 0 Å². The van der Waals surface area contributed by atoms with Gasteiger partial charge in [0.1, 0.15) is 11.3 Å². The average Bonchev–Trinajstić information content (AvgIpc) is 2.84.